The molecule has 0 spiro atoms. The van der Waals surface area contributed by atoms with E-state index in [0.717, 1.165) is 25.2 Å². The molecule has 1 unspecified atom stereocenters. The van der Waals surface area contributed by atoms with E-state index in [9.17, 15) is 9.90 Å². The van der Waals surface area contributed by atoms with E-state index in [1.165, 1.54) is 20.0 Å². The molecule has 21 heavy (non-hydrogen) atoms. The minimum atomic E-state index is -0.944. The number of carboxylic acid groups (broad SMARTS) is 1. The van der Waals surface area contributed by atoms with E-state index in [-0.39, 0.29) is 5.56 Å². The van der Waals surface area contributed by atoms with Gasteiger partial charge in [-0.05, 0) is 51.2 Å². The average molecular weight is 292 g/mol. The summed E-state index contributed by atoms with van der Waals surface area (Å²) in [5, 5.41) is 9.25. The summed E-state index contributed by atoms with van der Waals surface area (Å²) in [6, 6.07) is 5.98. The van der Waals surface area contributed by atoms with Crippen LogP contribution in [0.3, 0.4) is 0 Å². The lowest BCUT2D eigenvalue weighted by Gasteiger charge is -2.27. The predicted octanol–water partition coefficient (Wildman–Crippen LogP) is 1.92. The topological polar surface area (TPSA) is 53.0 Å². The smallest absolute Gasteiger partial charge is 0.339 e. The minimum Gasteiger partial charge on any atom is -0.496 e. The molecule has 1 aromatic carbocycles. The summed E-state index contributed by atoms with van der Waals surface area (Å²) in [6.45, 7) is 2.91. The molecular formula is C16H24N2O3. The summed E-state index contributed by atoms with van der Waals surface area (Å²) < 4.78 is 5.10. The standard InChI is InChI=1S/C16H24N2O3/c1-17(2)11-13-5-4-8-18(13)10-12-6-7-15(21-3)14(9-12)16(19)20/h6-7,9,13H,4-5,8,10-11H2,1-3H3,(H,19,20). The fourth-order valence-corrected chi connectivity index (χ4v) is 2.99. The van der Waals surface area contributed by atoms with Crippen molar-refractivity contribution in [2.45, 2.75) is 25.4 Å². The Hall–Kier alpha value is -1.59. The summed E-state index contributed by atoms with van der Waals surface area (Å²) in [5.41, 5.74) is 1.26. The molecule has 5 nitrogen and oxygen atoms in total. The Morgan fingerprint density at radius 1 is 1.48 bits per heavy atom. The lowest BCUT2D eigenvalue weighted by molar-refractivity contribution is 0.0693. The largest absolute Gasteiger partial charge is 0.496 e. The maximum absolute atomic E-state index is 11.3. The summed E-state index contributed by atoms with van der Waals surface area (Å²) in [6.07, 6.45) is 2.42. The minimum absolute atomic E-state index is 0.235. The van der Waals surface area contributed by atoms with Gasteiger partial charge >= 0.3 is 5.97 Å². The van der Waals surface area contributed by atoms with Crippen LogP contribution < -0.4 is 4.74 Å². The number of carboxylic acids is 1. The molecule has 1 saturated heterocycles. The van der Waals surface area contributed by atoms with Crippen molar-refractivity contribution in [3.8, 4) is 5.75 Å². The van der Waals surface area contributed by atoms with Crippen LogP contribution in [0.4, 0.5) is 0 Å². The number of carbonyl (C=O) groups is 1. The van der Waals surface area contributed by atoms with E-state index < -0.39 is 5.97 Å². The van der Waals surface area contributed by atoms with Crippen LogP contribution in [0.1, 0.15) is 28.8 Å². The van der Waals surface area contributed by atoms with Crippen molar-refractivity contribution in [3.05, 3.63) is 29.3 Å². The summed E-state index contributed by atoms with van der Waals surface area (Å²) >= 11 is 0. The van der Waals surface area contributed by atoms with Gasteiger partial charge in [0.15, 0.2) is 0 Å². The van der Waals surface area contributed by atoms with Crippen LogP contribution >= 0.6 is 0 Å². The molecule has 1 heterocycles. The Balaban J connectivity index is 2.12. The summed E-state index contributed by atoms with van der Waals surface area (Å²) in [7, 11) is 5.67. The second kappa shape index (κ2) is 6.91. The molecule has 1 aliphatic heterocycles. The number of benzene rings is 1. The van der Waals surface area contributed by atoms with Gasteiger partial charge in [-0.1, -0.05) is 6.07 Å². The van der Waals surface area contributed by atoms with Gasteiger partial charge in [0.1, 0.15) is 11.3 Å². The Morgan fingerprint density at radius 2 is 2.24 bits per heavy atom. The van der Waals surface area contributed by atoms with Crippen LogP contribution in [-0.2, 0) is 6.54 Å². The molecule has 0 amide bonds. The Labute approximate surface area is 126 Å². The third kappa shape index (κ3) is 3.95. The van der Waals surface area contributed by atoms with Crippen LogP contribution in [0, 0.1) is 0 Å². The first-order valence-corrected chi connectivity index (χ1v) is 7.30. The second-order valence-electron chi connectivity index (χ2n) is 5.87. The molecule has 0 saturated carbocycles. The highest BCUT2D eigenvalue weighted by Gasteiger charge is 2.25. The van der Waals surface area contributed by atoms with E-state index in [0.29, 0.717) is 11.8 Å². The maximum atomic E-state index is 11.3. The van der Waals surface area contributed by atoms with E-state index in [1.807, 2.05) is 6.07 Å². The van der Waals surface area contributed by atoms with Gasteiger partial charge in [-0.2, -0.15) is 0 Å². The van der Waals surface area contributed by atoms with Crippen molar-refractivity contribution in [2.75, 3.05) is 34.3 Å². The normalized spacial score (nSPS) is 19.1. The van der Waals surface area contributed by atoms with E-state index in [2.05, 4.69) is 23.9 Å². The van der Waals surface area contributed by atoms with Crippen molar-refractivity contribution in [1.82, 2.24) is 9.80 Å². The molecule has 116 valence electrons. The Bertz CT molecular complexity index is 502. The first-order chi connectivity index (χ1) is 10.0. The molecule has 0 aromatic heterocycles. The third-order valence-corrected chi connectivity index (χ3v) is 3.95. The van der Waals surface area contributed by atoms with Crippen molar-refractivity contribution in [1.29, 1.82) is 0 Å². The lowest BCUT2D eigenvalue weighted by Crippen LogP contribution is -2.37. The van der Waals surface area contributed by atoms with Crippen LogP contribution in [0.15, 0.2) is 18.2 Å². The number of likely N-dealkylation sites (tertiary alicyclic amines) is 1. The van der Waals surface area contributed by atoms with Gasteiger partial charge in [-0.3, -0.25) is 4.90 Å². The van der Waals surface area contributed by atoms with Crippen molar-refractivity contribution >= 4 is 5.97 Å². The molecule has 5 heteroatoms. The van der Waals surface area contributed by atoms with Crippen molar-refractivity contribution in [3.63, 3.8) is 0 Å². The van der Waals surface area contributed by atoms with Crippen LogP contribution in [0.5, 0.6) is 5.75 Å². The van der Waals surface area contributed by atoms with Gasteiger partial charge in [0, 0.05) is 19.1 Å². The lowest BCUT2D eigenvalue weighted by atomic mass is 10.1. The average Bonchev–Trinajstić information content (AvgIpc) is 2.85. The Kier molecular flexibility index (Phi) is 5.20. The van der Waals surface area contributed by atoms with E-state index in [1.54, 1.807) is 12.1 Å². The van der Waals surface area contributed by atoms with Gasteiger partial charge in [-0.25, -0.2) is 4.79 Å². The number of ether oxygens (including phenoxy) is 1. The highest BCUT2D eigenvalue weighted by atomic mass is 16.5. The number of methoxy groups -OCH3 is 1. The SMILES string of the molecule is COc1ccc(CN2CCCC2CN(C)C)cc1C(=O)O. The van der Waals surface area contributed by atoms with Crippen LogP contribution in [-0.4, -0.2) is 61.2 Å². The van der Waals surface area contributed by atoms with Crippen molar-refractivity contribution in [2.24, 2.45) is 0 Å². The van der Waals surface area contributed by atoms with Gasteiger partial charge in [0.2, 0.25) is 0 Å². The first-order valence-electron chi connectivity index (χ1n) is 7.30. The zero-order valence-corrected chi connectivity index (χ0v) is 13.0. The van der Waals surface area contributed by atoms with Crippen LogP contribution in [0.25, 0.3) is 0 Å². The zero-order chi connectivity index (χ0) is 15.4. The summed E-state index contributed by atoms with van der Waals surface area (Å²) in [4.78, 5) is 15.9. The molecule has 1 aliphatic rings. The zero-order valence-electron chi connectivity index (χ0n) is 13.0. The highest BCUT2D eigenvalue weighted by Crippen LogP contribution is 2.24. The third-order valence-electron chi connectivity index (χ3n) is 3.95. The second-order valence-corrected chi connectivity index (χ2v) is 5.87. The fourth-order valence-electron chi connectivity index (χ4n) is 2.99. The van der Waals surface area contributed by atoms with Gasteiger partial charge in [0.25, 0.3) is 0 Å². The monoisotopic (exact) mass is 292 g/mol. The maximum Gasteiger partial charge on any atom is 0.339 e. The number of aromatic carboxylic acids is 1. The van der Waals surface area contributed by atoms with Gasteiger partial charge < -0.3 is 14.7 Å². The van der Waals surface area contributed by atoms with Crippen molar-refractivity contribution < 1.29 is 14.6 Å². The Morgan fingerprint density at radius 3 is 2.86 bits per heavy atom. The predicted molar refractivity (Wildman–Crippen MR) is 81.9 cm³/mol. The molecule has 1 N–H and O–H groups in total. The number of hydrogen-bond acceptors (Lipinski definition) is 4. The van der Waals surface area contributed by atoms with Crippen LogP contribution in [0.2, 0.25) is 0 Å². The number of likely N-dealkylation sites (N-methyl/N-ethyl adjacent to an activating group) is 1. The molecule has 0 radical (unpaired) electrons. The molecular weight excluding hydrogens is 268 g/mol. The van der Waals surface area contributed by atoms with Gasteiger partial charge in [0.05, 0.1) is 7.11 Å². The van der Waals surface area contributed by atoms with Gasteiger partial charge in [-0.15, -0.1) is 0 Å². The number of hydrogen-bond donors (Lipinski definition) is 1. The van der Waals surface area contributed by atoms with E-state index >= 15 is 0 Å². The summed E-state index contributed by atoms with van der Waals surface area (Å²) in [5.74, 6) is -0.530. The molecule has 1 atom stereocenters. The molecule has 1 fully saturated rings. The highest BCUT2D eigenvalue weighted by molar-refractivity contribution is 5.91. The number of nitrogens with zero attached hydrogens (tertiary/aromatic N) is 2. The quantitative estimate of drug-likeness (QED) is 0.868. The number of rotatable bonds is 6. The first kappa shape index (κ1) is 15.8. The molecule has 0 aliphatic carbocycles. The fraction of sp³-hybridized carbons (Fsp3) is 0.562. The molecule has 2 rings (SSSR count). The molecule has 0 bridgehead atoms. The van der Waals surface area contributed by atoms with E-state index in [4.69, 9.17) is 4.74 Å². The molecule has 1 aromatic rings.